The Bertz CT molecular complexity index is 3520. The second-order valence-corrected chi connectivity index (χ2v) is 17.3. The molecule has 294 valence electrons. The Labute approximate surface area is 367 Å². The molecule has 0 amide bonds. The van der Waals surface area contributed by atoms with Crippen LogP contribution in [0.3, 0.4) is 0 Å². The lowest BCUT2D eigenvalue weighted by Crippen LogP contribution is -2.09. The quantitative estimate of drug-likeness (QED) is 0.151. The number of para-hydroxylation sites is 2. The first kappa shape index (κ1) is 35.7. The van der Waals surface area contributed by atoms with Crippen LogP contribution >= 0.6 is 0 Å². The molecule has 0 aromatic heterocycles. The molecule has 63 heavy (non-hydrogen) atoms. The van der Waals surface area contributed by atoms with Crippen LogP contribution < -0.4 is 4.90 Å². The summed E-state index contributed by atoms with van der Waals surface area (Å²) in [5, 5.41) is 7.86. The third-order valence-electron chi connectivity index (χ3n) is 13.8. The number of benzene rings is 11. The Kier molecular flexibility index (Phi) is 7.80. The van der Waals surface area contributed by atoms with Crippen LogP contribution in [0.1, 0.15) is 11.1 Å². The zero-order valence-electron chi connectivity index (χ0n) is 35.2. The fourth-order valence-corrected chi connectivity index (χ4v) is 10.9. The van der Waals surface area contributed by atoms with Crippen molar-refractivity contribution in [2.75, 3.05) is 4.90 Å². The largest absolute Gasteiger partial charge is 0.311 e. The molecule has 11 aromatic carbocycles. The summed E-state index contributed by atoms with van der Waals surface area (Å²) < 4.78 is 0. The molecule has 0 saturated carbocycles. The third kappa shape index (κ3) is 5.30. The maximum absolute atomic E-state index is 2.46. The number of aryl methyl sites for hydroxylation is 2. The summed E-state index contributed by atoms with van der Waals surface area (Å²) in [6, 6.07) is 78.7. The molecule has 0 unspecified atom stereocenters. The average molecular weight is 800 g/mol. The van der Waals surface area contributed by atoms with Crippen molar-refractivity contribution in [1.29, 1.82) is 0 Å². The predicted octanol–water partition coefficient (Wildman–Crippen LogP) is 17.5. The highest BCUT2D eigenvalue weighted by Crippen LogP contribution is 2.62. The standard InChI is InChI=1S/C62H41N/c1-38-15-9-13-23-47(38)57-55-36-41-17-11-12-18-42(41)37-56(55)58(48-24-14-10-16-39(48)2)62-53-34-32-51-54-35-43(27-30-49(54)50-31-33-52(61(57)62)60(53)59(50)51)40-25-28-46(29-26-40)63(44-19-5-3-6-20-44)45-21-7-4-8-22-45/h3-37H,1-2H3. The minimum Gasteiger partial charge on any atom is -0.311 e. The van der Waals surface area contributed by atoms with Gasteiger partial charge in [0.25, 0.3) is 0 Å². The molecule has 0 heterocycles. The van der Waals surface area contributed by atoms with Crippen molar-refractivity contribution in [1.82, 2.24) is 0 Å². The highest BCUT2D eigenvalue weighted by atomic mass is 15.1. The molecule has 13 rings (SSSR count). The van der Waals surface area contributed by atoms with E-state index in [9.17, 15) is 0 Å². The normalized spacial score (nSPS) is 12.0. The molecule has 2 aliphatic rings. The van der Waals surface area contributed by atoms with Crippen molar-refractivity contribution in [2.45, 2.75) is 13.8 Å². The minimum absolute atomic E-state index is 1.13. The first-order valence-electron chi connectivity index (χ1n) is 22.0. The maximum Gasteiger partial charge on any atom is 0.0462 e. The Balaban J connectivity index is 1.02. The number of hydrogen-bond donors (Lipinski definition) is 0. The molecule has 0 atom stereocenters. The van der Waals surface area contributed by atoms with Crippen LogP contribution in [0.25, 0.3) is 110 Å². The van der Waals surface area contributed by atoms with Gasteiger partial charge in [-0.25, -0.2) is 0 Å². The summed E-state index contributed by atoms with van der Waals surface area (Å²) in [5.74, 6) is 0. The molecule has 0 radical (unpaired) electrons. The second kappa shape index (κ2) is 13.8. The molecule has 1 heteroatoms. The van der Waals surface area contributed by atoms with E-state index in [2.05, 4.69) is 231 Å². The minimum atomic E-state index is 1.13. The van der Waals surface area contributed by atoms with E-state index in [-0.39, 0.29) is 0 Å². The number of rotatable bonds is 6. The van der Waals surface area contributed by atoms with E-state index in [4.69, 9.17) is 0 Å². The smallest absolute Gasteiger partial charge is 0.0462 e. The van der Waals surface area contributed by atoms with Crippen LogP contribution in [-0.2, 0) is 0 Å². The van der Waals surface area contributed by atoms with Gasteiger partial charge in [0.2, 0.25) is 0 Å². The number of anilines is 3. The van der Waals surface area contributed by atoms with Crippen LogP contribution in [-0.4, -0.2) is 0 Å². The number of fused-ring (bicyclic) bond motifs is 8. The summed E-state index contributed by atoms with van der Waals surface area (Å²) in [4.78, 5) is 2.32. The highest BCUT2D eigenvalue weighted by molar-refractivity contribution is 6.33. The highest BCUT2D eigenvalue weighted by Gasteiger charge is 2.35. The summed E-state index contributed by atoms with van der Waals surface area (Å²) in [5.41, 5.74) is 24.2. The summed E-state index contributed by atoms with van der Waals surface area (Å²) >= 11 is 0. The van der Waals surface area contributed by atoms with Crippen molar-refractivity contribution >= 4 is 49.4 Å². The van der Waals surface area contributed by atoms with Crippen molar-refractivity contribution in [3.63, 3.8) is 0 Å². The molecule has 0 aliphatic heterocycles. The van der Waals surface area contributed by atoms with Gasteiger partial charge in [0.15, 0.2) is 0 Å². The SMILES string of the molecule is Cc1ccccc1-c1c2c(c(-c3ccccc3C)c3cc4ccccc4cc13)-c1ccc3c4c(ccc-2c14)-c1ccc(-c2ccc(N(c4ccccc4)c4ccccc4)cc2)cc1-3. The number of hydrogen-bond acceptors (Lipinski definition) is 1. The Morgan fingerprint density at radius 1 is 0.270 bits per heavy atom. The lowest BCUT2D eigenvalue weighted by atomic mass is 9.80. The average Bonchev–Trinajstić information content (AvgIpc) is 3.83. The van der Waals surface area contributed by atoms with Gasteiger partial charge < -0.3 is 4.90 Å². The monoisotopic (exact) mass is 799 g/mol. The van der Waals surface area contributed by atoms with E-state index in [1.165, 1.54) is 121 Å². The van der Waals surface area contributed by atoms with Crippen molar-refractivity contribution in [3.05, 3.63) is 223 Å². The van der Waals surface area contributed by atoms with Gasteiger partial charge in [-0.3, -0.25) is 0 Å². The Morgan fingerprint density at radius 3 is 1.22 bits per heavy atom. The third-order valence-corrected chi connectivity index (χ3v) is 13.8. The van der Waals surface area contributed by atoms with Gasteiger partial charge in [-0.15, -0.1) is 0 Å². The van der Waals surface area contributed by atoms with E-state index in [1.54, 1.807) is 0 Å². The Hall–Kier alpha value is -8.00. The zero-order valence-corrected chi connectivity index (χ0v) is 35.2. The molecule has 0 N–H and O–H groups in total. The Morgan fingerprint density at radius 2 is 0.683 bits per heavy atom. The van der Waals surface area contributed by atoms with E-state index in [0.29, 0.717) is 0 Å². The fourth-order valence-electron chi connectivity index (χ4n) is 10.9. The second-order valence-electron chi connectivity index (χ2n) is 17.3. The number of nitrogens with zero attached hydrogens (tertiary/aromatic N) is 1. The molecule has 11 aromatic rings. The van der Waals surface area contributed by atoms with Crippen molar-refractivity contribution in [3.8, 4) is 77.9 Å². The molecule has 0 fully saturated rings. The molecule has 2 aliphatic carbocycles. The van der Waals surface area contributed by atoms with Crippen LogP contribution in [0.15, 0.2) is 212 Å². The van der Waals surface area contributed by atoms with Crippen molar-refractivity contribution < 1.29 is 0 Å². The van der Waals surface area contributed by atoms with Crippen LogP contribution in [0.5, 0.6) is 0 Å². The van der Waals surface area contributed by atoms with Gasteiger partial charge in [-0.1, -0.05) is 158 Å². The van der Waals surface area contributed by atoms with Gasteiger partial charge >= 0.3 is 0 Å². The topological polar surface area (TPSA) is 3.24 Å². The van der Waals surface area contributed by atoms with Crippen LogP contribution in [0, 0.1) is 13.8 Å². The predicted molar refractivity (Wildman–Crippen MR) is 268 cm³/mol. The van der Waals surface area contributed by atoms with E-state index in [0.717, 1.165) is 17.1 Å². The molecule has 0 spiro atoms. The molecular formula is C62H41N. The molecule has 0 saturated heterocycles. The van der Waals surface area contributed by atoms with Crippen molar-refractivity contribution in [2.24, 2.45) is 0 Å². The molecular weight excluding hydrogens is 759 g/mol. The van der Waals surface area contributed by atoms with Gasteiger partial charge in [-0.05, 0) is 190 Å². The fraction of sp³-hybridized carbons (Fsp3) is 0.0323. The van der Waals surface area contributed by atoms with Gasteiger partial charge in [-0.2, -0.15) is 0 Å². The summed E-state index contributed by atoms with van der Waals surface area (Å²) in [7, 11) is 0. The summed E-state index contributed by atoms with van der Waals surface area (Å²) in [6.07, 6.45) is 0. The first-order valence-corrected chi connectivity index (χ1v) is 22.0. The summed E-state index contributed by atoms with van der Waals surface area (Å²) in [6.45, 7) is 4.53. The van der Waals surface area contributed by atoms with Gasteiger partial charge in [0, 0.05) is 17.1 Å². The zero-order chi connectivity index (χ0) is 41.8. The molecule has 0 bridgehead atoms. The van der Waals surface area contributed by atoms with Crippen LogP contribution in [0.4, 0.5) is 17.1 Å². The van der Waals surface area contributed by atoms with E-state index < -0.39 is 0 Å². The first-order chi connectivity index (χ1) is 31.1. The van der Waals surface area contributed by atoms with E-state index in [1.807, 2.05) is 0 Å². The lowest BCUT2D eigenvalue weighted by Gasteiger charge is -2.25. The maximum atomic E-state index is 2.46. The van der Waals surface area contributed by atoms with Crippen LogP contribution in [0.2, 0.25) is 0 Å². The molecule has 1 nitrogen and oxygen atoms in total. The van der Waals surface area contributed by atoms with E-state index >= 15 is 0 Å². The van der Waals surface area contributed by atoms with Gasteiger partial charge in [0.05, 0.1) is 0 Å². The van der Waals surface area contributed by atoms with Gasteiger partial charge in [0.1, 0.15) is 0 Å². The lowest BCUT2D eigenvalue weighted by molar-refractivity contribution is 1.28.